The van der Waals surface area contributed by atoms with Crippen LogP contribution in [0.3, 0.4) is 0 Å². The van der Waals surface area contributed by atoms with E-state index in [4.69, 9.17) is 10.2 Å². The third kappa shape index (κ3) is 2.48. The lowest BCUT2D eigenvalue weighted by atomic mass is 10.1. The maximum atomic E-state index is 13.1. The van der Waals surface area contributed by atoms with E-state index in [1.165, 1.54) is 12.1 Å². The third-order valence-electron chi connectivity index (χ3n) is 2.98. The first-order valence-electron chi connectivity index (χ1n) is 6.08. The number of nitrogens with zero attached hydrogens (tertiary/aromatic N) is 1. The van der Waals surface area contributed by atoms with E-state index in [-0.39, 0.29) is 11.9 Å². The van der Waals surface area contributed by atoms with Gasteiger partial charge in [0.2, 0.25) is 5.89 Å². The van der Waals surface area contributed by atoms with E-state index in [2.05, 4.69) is 4.98 Å². The lowest BCUT2D eigenvalue weighted by molar-refractivity contribution is 0.474. The highest BCUT2D eigenvalue weighted by molar-refractivity contribution is 5.72. The van der Waals surface area contributed by atoms with E-state index < -0.39 is 0 Å². The van der Waals surface area contributed by atoms with Crippen LogP contribution in [0.5, 0.6) is 0 Å². The fourth-order valence-electron chi connectivity index (χ4n) is 2.03. The first-order valence-corrected chi connectivity index (χ1v) is 6.08. The Labute approximate surface area is 109 Å². The molecule has 1 unspecified atom stereocenters. The van der Waals surface area contributed by atoms with Gasteiger partial charge in [0.05, 0.1) is 6.04 Å². The number of aromatic nitrogens is 1. The average Bonchev–Trinajstić information content (AvgIpc) is 2.83. The van der Waals surface area contributed by atoms with Gasteiger partial charge in [0, 0.05) is 6.07 Å². The first-order chi connectivity index (χ1) is 9.22. The Morgan fingerprint density at radius 2 is 1.95 bits per heavy atom. The van der Waals surface area contributed by atoms with Crippen LogP contribution < -0.4 is 5.73 Å². The summed E-state index contributed by atoms with van der Waals surface area (Å²) < 4.78 is 18.6. The summed E-state index contributed by atoms with van der Waals surface area (Å²) in [6, 6.07) is 13.8. The molecule has 96 valence electrons. The van der Waals surface area contributed by atoms with E-state index in [1.807, 2.05) is 30.3 Å². The van der Waals surface area contributed by atoms with E-state index in [1.54, 1.807) is 6.07 Å². The summed E-state index contributed by atoms with van der Waals surface area (Å²) in [7, 11) is 0. The van der Waals surface area contributed by atoms with Gasteiger partial charge in [0.15, 0.2) is 5.58 Å². The van der Waals surface area contributed by atoms with Gasteiger partial charge in [-0.3, -0.25) is 0 Å². The highest BCUT2D eigenvalue weighted by Gasteiger charge is 2.14. The molecule has 0 bridgehead atoms. The normalized spacial score (nSPS) is 12.7. The first kappa shape index (κ1) is 11.9. The summed E-state index contributed by atoms with van der Waals surface area (Å²) in [4.78, 5) is 4.24. The highest BCUT2D eigenvalue weighted by atomic mass is 19.1. The van der Waals surface area contributed by atoms with Crippen molar-refractivity contribution in [2.75, 3.05) is 0 Å². The van der Waals surface area contributed by atoms with Gasteiger partial charge in [-0.15, -0.1) is 0 Å². The fraction of sp³-hybridized carbons (Fsp3) is 0.133. The van der Waals surface area contributed by atoms with Gasteiger partial charge in [-0.1, -0.05) is 30.3 Å². The van der Waals surface area contributed by atoms with Crippen LogP contribution in [0.2, 0.25) is 0 Å². The molecule has 0 saturated carbocycles. The van der Waals surface area contributed by atoms with Crippen molar-refractivity contribution >= 4 is 11.1 Å². The molecular formula is C15H13FN2O. The largest absolute Gasteiger partial charge is 0.439 e. The highest BCUT2D eigenvalue weighted by Crippen LogP contribution is 2.22. The lowest BCUT2D eigenvalue weighted by Crippen LogP contribution is -2.13. The van der Waals surface area contributed by atoms with E-state index in [0.717, 1.165) is 5.56 Å². The Balaban J connectivity index is 1.87. The summed E-state index contributed by atoms with van der Waals surface area (Å²) in [6.45, 7) is 0. The number of hydrogen-bond acceptors (Lipinski definition) is 3. The van der Waals surface area contributed by atoms with Crippen molar-refractivity contribution in [3.8, 4) is 0 Å². The van der Waals surface area contributed by atoms with Gasteiger partial charge < -0.3 is 10.2 Å². The molecule has 1 atom stereocenters. The van der Waals surface area contributed by atoms with Gasteiger partial charge in [-0.25, -0.2) is 9.37 Å². The third-order valence-corrected chi connectivity index (χ3v) is 2.98. The van der Waals surface area contributed by atoms with Crippen molar-refractivity contribution < 1.29 is 8.81 Å². The predicted molar refractivity (Wildman–Crippen MR) is 71.0 cm³/mol. The van der Waals surface area contributed by atoms with Crippen LogP contribution in [0.1, 0.15) is 17.5 Å². The number of oxazole rings is 1. The molecule has 4 heteroatoms. The van der Waals surface area contributed by atoms with Crippen molar-refractivity contribution in [2.45, 2.75) is 12.5 Å². The molecule has 0 radical (unpaired) electrons. The Morgan fingerprint density at radius 1 is 1.16 bits per heavy atom. The molecule has 2 aromatic carbocycles. The number of halogens is 1. The van der Waals surface area contributed by atoms with Crippen LogP contribution in [0.25, 0.3) is 11.1 Å². The van der Waals surface area contributed by atoms with Gasteiger partial charge in [0.25, 0.3) is 0 Å². The second-order valence-corrected chi connectivity index (χ2v) is 4.46. The molecule has 0 saturated heterocycles. The summed E-state index contributed by atoms with van der Waals surface area (Å²) in [6.07, 6.45) is 0.635. The minimum Gasteiger partial charge on any atom is -0.439 e. The molecule has 0 aliphatic heterocycles. The molecule has 0 aliphatic rings. The van der Waals surface area contributed by atoms with Gasteiger partial charge in [0.1, 0.15) is 11.3 Å². The quantitative estimate of drug-likeness (QED) is 0.782. The Hall–Kier alpha value is -2.20. The molecule has 0 fully saturated rings. The second-order valence-electron chi connectivity index (χ2n) is 4.46. The van der Waals surface area contributed by atoms with Crippen molar-refractivity contribution in [2.24, 2.45) is 5.73 Å². The summed E-state index contributed by atoms with van der Waals surface area (Å²) >= 11 is 0. The van der Waals surface area contributed by atoms with Crippen LogP contribution in [-0.2, 0) is 6.42 Å². The minimum atomic E-state index is -0.335. The van der Waals surface area contributed by atoms with Crippen molar-refractivity contribution in [1.82, 2.24) is 4.98 Å². The predicted octanol–water partition coefficient (Wildman–Crippen LogP) is 3.21. The topological polar surface area (TPSA) is 52.0 Å². The molecule has 3 nitrogen and oxygen atoms in total. The van der Waals surface area contributed by atoms with Crippen LogP contribution in [-0.4, -0.2) is 4.98 Å². The fourth-order valence-corrected chi connectivity index (χ4v) is 2.03. The SMILES string of the molecule is NC(Cc1ccccc1)c1nc2cc(F)ccc2o1. The van der Waals surface area contributed by atoms with Crippen molar-refractivity contribution in [3.05, 3.63) is 65.8 Å². The standard InChI is InChI=1S/C15H13FN2O/c16-11-6-7-14-13(9-11)18-15(19-14)12(17)8-10-4-2-1-3-5-10/h1-7,9,12H,8,17H2. The van der Waals surface area contributed by atoms with Gasteiger partial charge in [-0.05, 0) is 24.1 Å². The number of rotatable bonds is 3. The van der Waals surface area contributed by atoms with Gasteiger partial charge in [-0.2, -0.15) is 0 Å². The molecule has 2 N–H and O–H groups in total. The summed E-state index contributed by atoms with van der Waals surface area (Å²) in [5.74, 6) is 0.105. The number of hydrogen-bond donors (Lipinski definition) is 1. The Kier molecular flexibility index (Phi) is 3.01. The van der Waals surface area contributed by atoms with Crippen LogP contribution in [0.4, 0.5) is 4.39 Å². The molecule has 0 amide bonds. The zero-order valence-electron chi connectivity index (χ0n) is 10.2. The molecular weight excluding hydrogens is 243 g/mol. The van der Waals surface area contributed by atoms with E-state index >= 15 is 0 Å². The molecule has 3 rings (SSSR count). The summed E-state index contributed by atoms with van der Waals surface area (Å²) in [5.41, 5.74) is 8.25. The van der Waals surface area contributed by atoms with Crippen molar-refractivity contribution in [1.29, 1.82) is 0 Å². The number of nitrogens with two attached hydrogens (primary N) is 1. The molecule has 1 heterocycles. The number of benzene rings is 2. The van der Waals surface area contributed by atoms with E-state index in [9.17, 15) is 4.39 Å². The number of fused-ring (bicyclic) bond motifs is 1. The molecule has 1 aromatic heterocycles. The monoisotopic (exact) mass is 256 g/mol. The maximum Gasteiger partial charge on any atom is 0.212 e. The smallest absolute Gasteiger partial charge is 0.212 e. The Morgan fingerprint density at radius 3 is 2.74 bits per heavy atom. The lowest BCUT2D eigenvalue weighted by Gasteiger charge is -2.06. The second kappa shape index (κ2) is 4.82. The van der Waals surface area contributed by atoms with Crippen molar-refractivity contribution in [3.63, 3.8) is 0 Å². The molecule has 19 heavy (non-hydrogen) atoms. The molecule has 3 aromatic rings. The molecule has 0 aliphatic carbocycles. The van der Waals surface area contributed by atoms with Crippen LogP contribution >= 0.6 is 0 Å². The molecule has 0 spiro atoms. The zero-order valence-corrected chi connectivity index (χ0v) is 10.2. The Bertz CT molecular complexity index is 694. The zero-order chi connectivity index (χ0) is 13.2. The maximum absolute atomic E-state index is 13.1. The minimum absolute atomic E-state index is 0.330. The van der Waals surface area contributed by atoms with Gasteiger partial charge >= 0.3 is 0 Å². The average molecular weight is 256 g/mol. The summed E-state index contributed by atoms with van der Waals surface area (Å²) in [5, 5.41) is 0. The van der Waals surface area contributed by atoms with E-state index in [0.29, 0.717) is 23.4 Å². The van der Waals surface area contributed by atoms with Crippen LogP contribution in [0.15, 0.2) is 52.9 Å². The van der Waals surface area contributed by atoms with Crippen LogP contribution in [0, 0.1) is 5.82 Å².